The predicted molar refractivity (Wildman–Crippen MR) is 66.4 cm³/mol. The van der Waals surface area contributed by atoms with Crippen molar-refractivity contribution >= 4 is 5.91 Å². The van der Waals surface area contributed by atoms with Crippen molar-refractivity contribution in [1.82, 2.24) is 16.0 Å². The summed E-state index contributed by atoms with van der Waals surface area (Å²) in [5, 5.41) is 9.62. The molecular formula is C12H25N3O. The lowest BCUT2D eigenvalue weighted by molar-refractivity contribution is -0.120. The van der Waals surface area contributed by atoms with Crippen LogP contribution in [0.25, 0.3) is 0 Å². The minimum atomic E-state index is 0.117. The molecule has 0 aromatic rings. The average molecular weight is 227 g/mol. The molecule has 1 rings (SSSR count). The van der Waals surface area contributed by atoms with Crippen molar-refractivity contribution in [1.29, 1.82) is 0 Å². The average Bonchev–Trinajstić information content (AvgIpc) is 2.51. The van der Waals surface area contributed by atoms with Crippen LogP contribution in [0.1, 0.15) is 33.1 Å². The van der Waals surface area contributed by atoms with E-state index in [1.165, 1.54) is 12.8 Å². The third-order valence-electron chi connectivity index (χ3n) is 2.83. The molecule has 1 aliphatic rings. The number of carbonyl (C=O) groups is 1. The van der Waals surface area contributed by atoms with E-state index in [9.17, 15) is 4.79 Å². The summed E-state index contributed by atoms with van der Waals surface area (Å²) in [6.45, 7) is 7.60. The molecular weight excluding hydrogens is 202 g/mol. The Labute approximate surface area is 98.6 Å². The van der Waals surface area contributed by atoms with Crippen LogP contribution in [-0.4, -0.2) is 38.1 Å². The number of carbonyl (C=O) groups excluding carboxylic acids is 1. The molecule has 16 heavy (non-hydrogen) atoms. The normalized spacial score (nSPS) is 21.8. The quantitative estimate of drug-likeness (QED) is 0.641. The van der Waals surface area contributed by atoms with Gasteiger partial charge < -0.3 is 16.0 Å². The van der Waals surface area contributed by atoms with Crippen molar-refractivity contribution in [3.05, 3.63) is 0 Å². The second-order valence-corrected chi connectivity index (χ2v) is 4.96. The van der Waals surface area contributed by atoms with E-state index in [-0.39, 0.29) is 5.91 Å². The molecule has 0 bridgehead atoms. The molecule has 94 valence electrons. The summed E-state index contributed by atoms with van der Waals surface area (Å²) in [5.74, 6) is 0.636. The predicted octanol–water partition coefficient (Wildman–Crippen LogP) is 0.490. The first-order valence-corrected chi connectivity index (χ1v) is 6.39. The minimum absolute atomic E-state index is 0.117. The van der Waals surface area contributed by atoms with Gasteiger partial charge >= 0.3 is 0 Å². The zero-order chi connectivity index (χ0) is 11.8. The Morgan fingerprint density at radius 3 is 2.94 bits per heavy atom. The van der Waals surface area contributed by atoms with Gasteiger partial charge in [0.15, 0.2) is 0 Å². The van der Waals surface area contributed by atoms with Gasteiger partial charge in [0.1, 0.15) is 0 Å². The zero-order valence-corrected chi connectivity index (χ0v) is 10.5. The number of amides is 1. The molecule has 1 heterocycles. The summed E-state index contributed by atoms with van der Waals surface area (Å²) in [5.41, 5.74) is 0. The lowest BCUT2D eigenvalue weighted by atomic mass is 10.1. The first-order valence-electron chi connectivity index (χ1n) is 6.39. The first kappa shape index (κ1) is 13.5. The molecule has 0 saturated carbocycles. The van der Waals surface area contributed by atoms with E-state index < -0.39 is 0 Å². The van der Waals surface area contributed by atoms with Gasteiger partial charge in [-0.05, 0) is 38.3 Å². The Bertz CT molecular complexity index is 198. The van der Waals surface area contributed by atoms with E-state index in [2.05, 4.69) is 29.8 Å². The Morgan fingerprint density at radius 2 is 2.19 bits per heavy atom. The standard InChI is InChI=1S/C12H25N3O/c1-10(2)8-15-12(16)9-14-11-4-3-6-13-7-5-11/h10-11,13-14H,3-9H2,1-2H3,(H,15,16). The zero-order valence-electron chi connectivity index (χ0n) is 10.5. The molecule has 1 amide bonds. The highest BCUT2D eigenvalue weighted by atomic mass is 16.1. The summed E-state index contributed by atoms with van der Waals surface area (Å²) in [4.78, 5) is 11.5. The topological polar surface area (TPSA) is 53.2 Å². The van der Waals surface area contributed by atoms with Crippen LogP contribution in [0.2, 0.25) is 0 Å². The highest BCUT2D eigenvalue weighted by molar-refractivity contribution is 5.77. The molecule has 1 saturated heterocycles. The maximum absolute atomic E-state index is 11.5. The van der Waals surface area contributed by atoms with Gasteiger partial charge in [-0.1, -0.05) is 13.8 Å². The SMILES string of the molecule is CC(C)CNC(=O)CNC1CCCNCC1. The third kappa shape index (κ3) is 6.08. The van der Waals surface area contributed by atoms with Crippen LogP contribution in [0.15, 0.2) is 0 Å². The molecule has 0 aromatic heterocycles. The molecule has 4 heteroatoms. The van der Waals surface area contributed by atoms with Crippen LogP contribution in [0, 0.1) is 5.92 Å². The van der Waals surface area contributed by atoms with Gasteiger partial charge in [0, 0.05) is 12.6 Å². The fourth-order valence-electron chi connectivity index (χ4n) is 1.84. The van der Waals surface area contributed by atoms with Crippen LogP contribution in [0.4, 0.5) is 0 Å². The number of rotatable bonds is 5. The fourth-order valence-corrected chi connectivity index (χ4v) is 1.84. The second-order valence-electron chi connectivity index (χ2n) is 4.96. The van der Waals surface area contributed by atoms with E-state index in [0.29, 0.717) is 18.5 Å². The molecule has 3 N–H and O–H groups in total. The molecule has 0 spiro atoms. The van der Waals surface area contributed by atoms with Crippen molar-refractivity contribution in [2.75, 3.05) is 26.2 Å². The molecule has 4 nitrogen and oxygen atoms in total. The monoisotopic (exact) mass is 227 g/mol. The van der Waals surface area contributed by atoms with Crippen molar-refractivity contribution in [3.63, 3.8) is 0 Å². The first-order chi connectivity index (χ1) is 7.68. The lowest BCUT2D eigenvalue weighted by Crippen LogP contribution is -2.40. The minimum Gasteiger partial charge on any atom is -0.355 e. The van der Waals surface area contributed by atoms with Crippen LogP contribution >= 0.6 is 0 Å². The summed E-state index contributed by atoms with van der Waals surface area (Å²) in [7, 11) is 0. The van der Waals surface area contributed by atoms with Crippen LogP contribution in [-0.2, 0) is 4.79 Å². The fraction of sp³-hybridized carbons (Fsp3) is 0.917. The number of nitrogens with one attached hydrogen (secondary N) is 3. The third-order valence-corrected chi connectivity index (χ3v) is 2.83. The highest BCUT2D eigenvalue weighted by Crippen LogP contribution is 2.04. The van der Waals surface area contributed by atoms with Gasteiger partial charge in [-0.25, -0.2) is 0 Å². The van der Waals surface area contributed by atoms with Crippen molar-refractivity contribution < 1.29 is 4.79 Å². The van der Waals surface area contributed by atoms with E-state index in [4.69, 9.17) is 0 Å². The van der Waals surface area contributed by atoms with E-state index >= 15 is 0 Å². The summed E-state index contributed by atoms with van der Waals surface area (Å²) in [6.07, 6.45) is 3.49. The maximum atomic E-state index is 11.5. The van der Waals surface area contributed by atoms with Crippen molar-refractivity contribution in [2.45, 2.75) is 39.2 Å². The molecule has 1 aliphatic heterocycles. The molecule has 1 atom stereocenters. The van der Waals surface area contributed by atoms with Gasteiger partial charge in [0.05, 0.1) is 6.54 Å². The molecule has 0 aromatic carbocycles. The van der Waals surface area contributed by atoms with Crippen LogP contribution in [0.5, 0.6) is 0 Å². The maximum Gasteiger partial charge on any atom is 0.233 e. The number of hydrogen-bond donors (Lipinski definition) is 3. The van der Waals surface area contributed by atoms with Gasteiger partial charge in [-0.3, -0.25) is 4.79 Å². The molecule has 0 aliphatic carbocycles. The van der Waals surface area contributed by atoms with E-state index in [1.807, 2.05) is 0 Å². The Kier molecular flexibility index (Phi) is 6.42. The smallest absolute Gasteiger partial charge is 0.233 e. The molecule has 1 unspecified atom stereocenters. The van der Waals surface area contributed by atoms with Crippen molar-refractivity contribution in [2.24, 2.45) is 5.92 Å². The van der Waals surface area contributed by atoms with Crippen molar-refractivity contribution in [3.8, 4) is 0 Å². The Balaban J connectivity index is 2.10. The van der Waals surface area contributed by atoms with Gasteiger partial charge in [0.25, 0.3) is 0 Å². The summed E-state index contributed by atoms with van der Waals surface area (Å²) < 4.78 is 0. The largest absolute Gasteiger partial charge is 0.355 e. The molecule has 0 radical (unpaired) electrons. The van der Waals surface area contributed by atoms with Gasteiger partial charge in [-0.2, -0.15) is 0 Å². The second kappa shape index (κ2) is 7.63. The molecule has 1 fully saturated rings. The highest BCUT2D eigenvalue weighted by Gasteiger charge is 2.12. The van der Waals surface area contributed by atoms with E-state index in [0.717, 1.165) is 26.1 Å². The Morgan fingerprint density at radius 1 is 1.38 bits per heavy atom. The lowest BCUT2D eigenvalue weighted by Gasteiger charge is -2.16. The van der Waals surface area contributed by atoms with Crippen LogP contribution < -0.4 is 16.0 Å². The van der Waals surface area contributed by atoms with E-state index in [1.54, 1.807) is 0 Å². The van der Waals surface area contributed by atoms with Crippen LogP contribution in [0.3, 0.4) is 0 Å². The summed E-state index contributed by atoms with van der Waals surface area (Å²) in [6, 6.07) is 0.500. The Hall–Kier alpha value is -0.610. The summed E-state index contributed by atoms with van der Waals surface area (Å²) >= 11 is 0. The van der Waals surface area contributed by atoms with Gasteiger partial charge in [-0.15, -0.1) is 0 Å². The van der Waals surface area contributed by atoms with Gasteiger partial charge in [0.2, 0.25) is 5.91 Å². The number of hydrogen-bond acceptors (Lipinski definition) is 3.